The number of morpholine rings is 1. The Morgan fingerprint density at radius 2 is 2.17 bits per heavy atom. The molecule has 8 nitrogen and oxygen atoms in total. The standard InChI is InChI=1S/C16H23N5O3/c1-4-12(5-2)21-13(6-7-17-21)16(22)20-8-9-23-10-14(20)15-19-18-11(3)24-15/h6-7,12,14H,4-5,8-10H2,1-3H3/t14-/m0/s1. The Labute approximate surface area is 140 Å². The summed E-state index contributed by atoms with van der Waals surface area (Å²) in [6.45, 7) is 7.26. The number of carbonyl (C=O) groups excluding carboxylic acids is 1. The zero-order valence-corrected chi connectivity index (χ0v) is 14.3. The molecule has 0 bridgehead atoms. The molecule has 0 radical (unpaired) electrons. The van der Waals surface area contributed by atoms with Crippen molar-refractivity contribution in [2.75, 3.05) is 19.8 Å². The van der Waals surface area contributed by atoms with Crippen molar-refractivity contribution in [3.8, 4) is 0 Å². The quantitative estimate of drug-likeness (QED) is 0.833. The van der Waals surface area contributed by atoms with Crippen LogP contribution in [0.3, 0.4) is 0 Å². The van der Waals surface area contributed by atoms with Gasteiger partial charge in [-0.05, 0) is 18.9 Å². The molecular formula is C16H23N5O3. The summed E-state index contributed by atoms with van der Waals surface area (Å²) < 4.78 is 12.9. The third-order valence-electron chi connectivity index (χ3n) is 4.39. The van der Waals surface area contributed by atoms with Crippen LogP contribution in [0.15, 0.2) is 16.7 Å². The molecule has 0 saturated carbocycles. The Balaban J connectivity index is 1.89. The van der Waals surface area contributed by atoms with Gasteiger partial charge in [0.1, 0.15) is 11.7 Å². The van der Waals surface area contributed by atoms with Crippen LogP contribution in [-0.4, -0.2) is 50.5 Å². The van der Waals surface area contributed by atoms with Gasteiger partial charge in [-0.1, -0.05) is 13.8 Å². The summed E-state index contributed by atoms with van der Waals surface area (Å²) in [6.07, 6.45) is 3.53. The highest BCUT2D eigenvalue weighted by Crippen LogP contribution is 2.26. The second-order valence-corrected chi connectivity index (χ2v) is 5.88. The van der Waals surface area contributed by atoms with E-state index in [0.29, 0.717) is 37.2 Å². The van der Waals surface area contributed by atoms with E-state index in [-0.39, 0.29) is 18.0 Å². The van der Waals surface area contributed by atoms with E-state index in [1.807, 2.05) is 4.68 Å². The van der Waals surface area contributed by atoms with Crippen LogP contribution in [0.5, 0.6) is 0 Å². The molecular weight excluding hydrogens is 310 g/mol. The number of ether oxygens (including phenoxy) is 1. The monoisotopic (exact) mass is 333 g/mol. The first kappa shape index (κ1) is 16.6. The lowest BCUT2D eigenvalue weighted by Gasteiger charge is -2.33. The lowest BCUT2D eigenvalue weighted by Crippen LogP contribution is -2.44. The van der Waals surface area contributed by atoms with Gasteiger partial charge in [0.2, 0.25) is 11.8 Å². The summed E-state index contributed by atoms with van der Waals surface area (Å²) in [4.78, 5) is 14.9. The molecule has 1 aliphatic heterocycles. The molecule has 1 aliphatic rings. The largest absolute Gasteiger partial charge is 0.423 e. The third kappa shape index (κ3) is 3.06. The topological polar surface area (TPSA) is 86.3 Å². The predicted octanol–water partition coefficient (Wildman–Crippen LogP) is 2.15. The number of aryl methyl sites for hydroxylation is 1. The van der Waals surface area contributed by atoms with Gasteiger partial charge in [0.25, 0.3) is 5.91 Å². The molecule has 3 heterocycles. The Hall–Kier alpha value is -2.22. The molecule has 8 heteroatoms. The van der Waals surface area contributed by atoms with Crippen LogP contribution in [0.2, 0.25) is 0 Å². The van der Waals surface area contributed by atoms with Gasteiger partial charge in [0.05, 0.1) is 19.3 Å². The van der Waals surface area contributed by atoms with Crippen molar-refractivity contribution in [2.24, 2.45) is 0 Å². The molecule has 130 valence electrons. The highest BCUT2D eigenvalue weighted by molar-refractivity contribution is 5.93. The number of hydrogen-bond acceptors (Lipinski definition) is 6. The molecule has 1 saturated heterocycles. The predicted molar refractivity (Wildman–Crippen MR) is 85.5 cm³/mol. The molecule has 24 heavy (non-hydrogen) atoms. The molecule has 1 fully saturated rings. The maximum absolute atomic E-state index is 13.1. The Morgan fingerprint density at radius 3 is 2.83 bits per heavy atom. The van der Waals surface area contributed by atoms with Crippen LogP contribution in [0.4, 0.5) is 0 Å². The lowest BCUT2D eigenvalue weighted by atomic mass is 10.1. The van der Waals surface area contributed by atoms with E-state index in [1.165, 1.54) is 0 Å². The number of rotatable bonds is 5. The van der Waals surface area contributed by atoms with Gasteiger partial charge >= 0.3 is 0 Å². The second kappa shape index (κ2) is 7.12. The summed E-state index contributed by atoms with van der Waals surface area (Å²) in [5.74, 6) is 0.808. The summed E-state index contributed by atoms with van der Waals surface area (Å²) in [5, 5.41) is 12.3. The van der Waals surface area contributed by atoms with Crippen LogP contribution >= 0.6 is 0 Å². The molecule has 2 aromatic heterocycles. The fourth-order valence-electron chi connectivity index (χ4n) is 3.05. The first-order valence-electron chi connectivity index (χ1n) is 8.37. The minimum atomic E-state index is -0.363. The molecule has 3 rings (SSSR count). The van der Waals surface area contributed by atoms with Crippen molar-refractivity contribution in [3.05, 3.63) is 29.7 Å². The molecule has 0 aromatic carbocycles. The van der Waals surface area contributed by atoms with Crippen LogP contribution in [0.1, 0.15) is 61.0 Å². The Kier molecular flexibility index (Phi) is 4.94. The van der Waals surface area contributed by atoms with Crippen molar-refractivity contribution in [1.29, 1.82) is 0 Å². The lowest BCUT2D eigenvalue weighted by molar-refractivity contribution is -0.0113. The third-order valence-corrected chi connectivity index (χ3v) is 4.39. The highest BCUT2D eigenvalue weighted by atomic mass is 16.5. The van der Waals surface area contributed by atoms with E-state index < -0.39 is 0 Å². The number of nitrogens with zero attached hydrogens (tertiary/aromatic N) is 5. The van der Waals surface area contributed by atoms with E-state index in [4.69, 9.17) is 9.15 Å². The SMILES string of the molecule is CCC(CC)n1nccc1C(=O)N1CCOC[C@H]1c1nnc(C)o1. The van der Waals surface area contributed by atoms with E-state index >= 15 is 0 Å². The minimum absolute atomic E-state index is 0.0800. The first-order valence-corrected chi connectivity index (χ1v) is 8.37. The molecule has 1 atom stereocenters. The minimum Gasteiger partial charge on any atom is -0.423 e. The van der Waals surface area contributed by atoms with Crippen LogP contribution < -0.4 is 0 Å². The Morgan fingerprint density at radius 1 is 1.38 bits per heavy atom. The number of hydrogen-bond donors (Lipinski definition) is 0. The summed E-state index contributed by atoms with van der Waals surface area (Å²) >= 11 is 0. The van der Waals surface area contributed by atoms with Gasteiger partial charge in [-0.25, -0.2) is 0 Å². The van der Waals surface area contributed by atoms with Crippen molar-refractivity contribution in [2.45, 2.75) is 45.7 Å². The van der Waals surface area contributed by atoms with E-state index in [0.717, 1.165) is 12.8 Å². The van der Waals surface area contributed by atoms with E-state index in [9.17, 15) is 4.79 Å². The fourth-order valence-corrected chi connectivity index (χ4v) is 3.05. The first-order chi connectivity index (χ1) is 11.7. The summed E-state index contributed by atoms with van der Waals surface area (Å²) in [6, 6.07) is 1.62. The van der Waals surface area contributed by atoms with Crippen molar-refractivity contribution >= 4 is 5.91 Å². The van der Waals surface area contributed by atoms with Crippen molar-refractivity contribution in [1.82, 2.24) is 24.9 Å². The van der Waals surface area contributed by atoms with Gasteiger partial charge in [-0.3, -0.25) is 9.48 Å². The van der Waals surface area contributed by atoms with Crippen molar-refractivity contribution in [3.63, 3.8) is 0 Å². The van der Waals surface area contributed by atoms with Crippen molar-refractivity contribution < 1.29 is 13.9 Å². The normalized spacial score (nSPS) is 18.3. The maximum atomic E-state index is 13.1. The molecule has 2 aromatic rings. The Bertz CT molecular complexity index is 691. The van der Waals surface area contributed by atoms with E-state index in [2.05, 4.69) is 29.1 Å². The smallest absolute Gasteiger partial charge is 0.272 e. The van der Waals surface area contributed by atoms with Gasteiger partial charge < -0.3 is 14.1 Å². The zero-order valence-electron chi connectivity index (χ0n) is 14.3. The zero-order chi connectivity index (χ0) is 17.1. The van der Waals surface area contributed by atoms with Crippen LogP contribution in [-0.2, 0) is 4.74 Å². The second-order valence-electron chi connectivity index (χ2n) is 5.88. The van der Waals surface area contributed by atoms with Crippen LogP contribution in [0.25, 0.3) is 0 Å². The van der Waals surface area contributed by atoms with E-state index in [1.54, 1.807) is 24.1 Å². The molecule has 0 N–H and O–H groups in total. The maximum Gasteiger partial charge on any atom is 0.272 e. The molecule has 0 unspecified atom stereocenters. The number of amides is 1. The summed E-state index contributed by atoms with van der Waals surface area (Å²) in [5.41, 5.74) is 0.590. The van der Waals surface area contributed by atoms with Crippen LogP contribution in [0, 0.1) is 6.92 Å². The molecule has 0 aliphatic carbocycles. The average Bonchev–Trinajstić information content (AvgIpc) is 3.25. The highest BCUT2D eigenvalue weighted by Gasteiger charge is 2.34. The number of carbonyl (C=O) groups is 1. The molecule has 1 amide bonds. The molecule has 0 spiro atoms. The van der Waals surface area contributed by atoms with Gasteiger partial charge in [0.15, 0.2) is 0 Å². The number of aromatic nitrogens is 4. The van der Waals surface area contributed by atoms with Gasteiger partial charge in [0, 0.05) is 19.7 Å². The van der Waals surface area contributed by atoms with Gasteiger partial charge in [-0.2, -0.15) is 5.10 Å². The van der Waals surface area contributed by atoms with Gasteiger partial charge in [-0.15, -0.1) is 10.2 Å². The fraction of sp³-hybridized carbons (Fsp3) is 0.625. The summed E-state index contributed by atoms with van der Waals surface area (Å²) in [7, 11) is 0. The average molecular weight is 333 g/mol.